The van der Waals surface area contributed by atoms with Gasteiger partial charge in [-0.1, -0.05) is 0 Å². The number of carbonyl (C=O) groups is 1. The largest absolute Gasteiger partial charge is 0.354 e. The first-order valence-electron chi connectivity index (χ1n) is 6.33. The van der Waals surface area contributed by atoms with E-state index in [2.05, 4.69) is 17.3 Å². The molecule has 16 heavy (non-hydrogen) atoms. The summed E-state index contributed by atoms with van der Waals surface area (Å²) in [6.45, 7) is 2.54. The van der Waals surface area contributed by atoms with Crippen molar-refractivity contribution in [2.75, 3.05) is 13.6 Å². The van der Waals surface area contributed by atoms with Gasteiger partial charge in [0.15, 0.2) is 0 Å². The van der Waals surface area contributed by atoms with E-state index in [0.717, 1.165) is 18.6 Å². The summed E-state index contributed by atoms with van der Waals surface area (Å²) < 4.78 is 0. The number of nitrogens with two attached hydrogens (primary N) is 1. The van der Waals surface area contributed by atoms with Gasteiger partial charge in [0, 0.05) is 18.6 Å². The molecule has 0 aromatic rings. The Morgan fingerprint density at radius 1 is 1.44 bits per heavy atom. The monoisotopic (exact) mass is 225 g/mol. The number of nitrogens with one attached hydrogen (secondary N) is 1. The highest BCUT2D eigenvalue weighted by Gasteiger charge is 2.38. The highest BCUT2D eigenvalue weighted by Crippen LogP contribution is 2.36. The van der Waals surface area contributed by atoms with Crippen molar-refractivity contribution in [2.24, 2.45) is 11.7 Å². The minimum atomic E-state index is -0.386. The zero-order valence-corrected chi connectivity index (χ0v) is 10.3. The normalized spacial score (nSPS) is 36.1. The third kappa shape index (κ3) is 2.38. The van der Waals surface area contributed by atoms with Crippen LogP contribution in [0.3, 0.4) is 0 Å². The van der Waals surface area contributed by atoms with Crippen LogP contribution in [0.5, 0.6) is 0 Å². The van der Waals surface area contributed by atoms with Crippen molar-refractivity contribution in [3.05, 3.63) is 0 Å². The lowest BCUT2D eigenvalue weighted by atomic mass is 9.91. The van der Waals surface area contributed by atoms with Crippen LogP contribution in [-0.4, -0.2) is 42.5 Å². The molecule has 2 saturated heterocycles. The van der Waals surface area contributed by atoms with E-state index in [1.54, 1.807) is 6.92 Å². The molecule has 0 saturated carbocycles. The fraction of sp³-hybridized carbons (Fsp3) is 0.917. The molecule has 2 aliphatic heterocycles. The van der Waals surface area contributed by atoms with Crippen LogP contribution < -0.4 is 11.1 Å². The Balaban J connectivity index is 1.78. The first-order chi connectivity index (χ1) is 7.58. The first kappa shape index (κ1) is 11.9. The van der Waals surface area contributed by atoms with Gasteiger partial charge in [0.1, 0.15) is 0 Å². The van der Waals surface area contributed by atoms with Gasteiger partial charge in [0.2, 0.25) is 5.91 Å². The summed E-state index contributed by atoms with van der Waals surface area (Å²) in [5, 5.41) is 2.95. The molecule has 1 amide bonds. The van der Waals surface area contributed by atoms with Crippen molar-refractivity contribution in [2.45, 2.75) is 50.7 Å². The smallest absolute Gasteiger partial charge is 0.236 e. The van der Waals surface area contributed by atoms with Gasteiger partial charge >= 0.3 is 0 Å². The molecule has 0 aliphatic carbocycles. The van der Waals surface area contributed by atoms with Crippen molar-refractivity contribution >= 4 is 5.91 Å². The van der Waals surface area contributed by atoms with E-state index in [1.165, 1.54) is 25.7 Å². The van der Waals surface area contributed by atoms with E-state index in [9.17, 15) is 4.79 Å². The second-order valence-electron chi connectivity index (χ2n) is 5.42. The van der Waals surface area contributed by atoms with E-state index in [1.807, 2.05) is 0 Å². The SMILES string of the molecule is C[C@H](N)C(=O)NCC1CC2CCC(C1)N2C. The summed E-state index contributed by atoms with van der Waals surface area (Å²) in [6.07, 6.45) is 5.12. The van der Waals surface area contributed by atoms with Crippen LogP contribution in [0.4, 0.5) is 0 Å². The van der Waals surface area contributed by atoms with Crippen LogP contribution in [0.15, 0.2) is 0 Å². The maximum Gasteiger partial charge on any atom is 0.236 e. The predicted octanol–water partition coefficient (Wildman–Crippen LogP) is 0.323. The zero-order valence-electron chi connectivity index (χ0n) is 10.3. The average Bonchev–Trinajstić information content (AvgIpc) is 2.51. The molecule has 2 heterocycles. The Labute approximate surface area is 97.6 Å². The van der Waals surface area contributed by atoms with Crippen molar-refractivity contribution in [3.8, 4) is 0 Å². The number of piperidine rings is 1. The number of nitrogens with zero attached hydrogens (tertiary/aromatic N) is 1. The standard InChI is InChI=1S/C12H23N3O/c1-8(13)12(16)14-7-9-5-10-3-4-11(6-9)15(10)2/h8-11H,3-7,13H2,1-2H3,(H,14,16)/t8-,9?,10?,11?/m0/s1. The molecule has 4 nitrogen and oxygen atoms in total. The molecule has 2 bridgehead atoms. The van der Waals surface area contributed by atoms with Crippen LogP contribution in [-0.2, 0) is 4.79 Å². The highest BCUT2D eigenvalue weighted by molar-refractivity contribution is 5.80. The molecule has 2 rings (SSSR count). The minimum Gasteiger partial charge on any atom is -0.354 e. The lowest BCUT2D eigenvalue weighted by Crippen LogP contribution is -2.45. The highest BCUT2D eigenvalue weighted by atomic mass is 16.2. The second kappa shape index (κ2) is 4.72. The zero-order chi connectivity index (χ0) is 11.7. The third-order valence-electron chi connectivity index (χ3n) is 4.17. The van der Waals surface area contributed by atoms with Crippen LogP contribution in [0.2, 0.25) is 0 Å². The Kier molecular flexibility index (Phi) is 3.50. The molecule has 3 N–H and O–H groups in total. The van der Waals surface area contributed by atoms with Crippen LogP contribution in [0.1, 0.15) is 32.6 Å². The molecule has 3 atom stereocenters. The quantitative estimate of drug-likeness (QED) is 0.727. The van der Waals surface area contributed by atoms with Crippen LogP contribution in [0.25, 0.3) is 0 Å². The van der Waals surface area contributed by atoms with Gasteiger partial charge in [0.05, 0.1) is 6.04 Å². The Bertz CT molecular complexity index is 253. The number of carbonyl (C=O) groups excluding carboxylic acids is 1. The van der Waals surface area contributed by atoms with Gasteiger partial charge in [-0.3, -0.25) is 4.79 Å². The lowest BCUT2D eigenvalue weighted by Gasteiger charge is -2.36. The summed E-state index contributed by atoms with van der Waals surface area (Å²) in [6, 6.07) is 1.11. The van der Waals surface area contributed by atoms with Gasteiger partial charge in [-0.05, 0) is 45.6 Å². The van der Waals surface area contributed by atoms with Gasteiger partial charge in [-0.25, -0.2) is 0 Å². The van der Waals surface area contributed by atoms with E-state index in [0.29, 0.717) is 5.92 Å². The van der Waals surface area contributed by atoms with E-state index < -0.39 is 0 Å². The molecule has 0 aromatic carbocycles. The van der Waals surface area contributed by atoms with Gasteiger partial charge in [-0.2, -0.15) is 0 Å². The van der Waals surface area contributed by atoms with Gasteiger partial charge in [0.25, 0.3) is 0 Å². The van der Waals surface area contributed by atoms with Crippen molar-refractivity contribution in [3.63, 3.8) is 0 Å². The predicted molar refractivity (Wildman–Crippen MR) is 64.0 cm³/mol. The fourth-order valence-corrected chi connectivity index (χ4v) is 3.10. The molecular formula is C12H23N3O. The molecular weight excluding hydrogens is 202 g/mol. The molecule has 0 aromatic heterocycles. The number of hydrogen-bond acceptors (Lipinski definition) is 3. The van der Waals surface area contributed by atoms with Crippen LogP contribution in [0, 0.1) is 5.92 Å². The summed E-state index contributed by atoms with van der Waals surface area (Å²) >= 11 is 0. The number of hydrogen-bond donors (Lipinski definition) is 2. The minimum absolute atomic E-state index is 0.0220. The summed E-state index contributed by atoms with van der Waals surface area (Å²) in [5.74, 6) is 0.627. The Morgan fingerprint density at radius 3 is 2.50 bits per heavy atom. The molecule has 92 valence electrons. The summed E-state index contributed by atoms with van der Waals surface area (Å²) in [4.78, 5) is 13.9. The number of rotatable bonds is 3. The number of amides is 1. The van der Waals surface area contributed by atoms with E-state index in [-0.39, 0.29) is 11.9 Å². The Hall–Kier alpha value is -0.610. The van der Waals surface area contributed by atoms with Gasteiger partial charge < -0.3 is 16.0 Å². The maximum atomic E-state index is 11.4. The molecule has 2 fully saturated rings. The van der Waals surface area contributed by atoms with E-state index in [4.69, 9.17) is 5.73 Å². The van der Waals surface area contributed by atoms with Crippen molar-refractivity contribution < 1.29 is 4.79 Å². The second-order valence-corrected chi connectivity index (χ2v) is 5.42. The van der Waals surface area contributed by atoms with E-state index >= 15 is 0 Å². The van der Waals surface area contributed by atoms with Crippen molar-refractivity contribution in [1.29, 1.82) is 0 Å². The topological polar surface area (TPSA) is 58.4 Å². The molecule has 2 aliphatic rings. The lowest BCUT2D eigenvalue weighted by molar-refractivity contribution is -0.122. The molecule has 0 radical (unpaired) electrons. The Morgan fingerprint density at radius 2 is 2.00 bits per heavy atom. The van der Waals surface area contributed by atoms with Gasteiger partial charge in [-0.15, -0.1) is 0 Å². The number of fused-ring (bicyclic) bond motifs is 2. The van der Waals surface area contributed by atoms with Crippen LogP contribution >= 0.6 is 0 Å². The summed E-state index contributed by atoms with van der Waals surface area (Å²) in [7, 11) is 2.24. The third-order valence-corrected chi connectivity index (χ3v) is 4.17. The fourth-order valence-electron chi connectivity index (χ4n) is 3.10. The molecule has 0 spiro atoms. The molecule has 4 heteroatoms. The summed E-state index contributed by atoms with van der Waals surface area (Å²) in [5.41, 5.74) is 5.52. The maximum absolute atomic E-state index is 11.4. The molecule has 2 unspecified atom stereocenters. The average molecular weight is 225 g/mol. The first-order valence-corrected chi connectivity index (χ1v) is 6.33. The van der Waals surface area contributed by atoms with Crippen molar-refractivity contribution in [1.82, 2.24) is 10.2 Å².